The maximum atomic E-state index is 13.3. The molecule has 3 aromatic carbocycles. The van der Waals surface area contributed by atoms with Crippen molar-refractivity contribution in [3.63, 3.8) is 0 Å². The molecule has 0 aromatic heterocycles. The molecule has 0 unspecified atom stereocenters. The normalized spacial score (nSPS) is 13.5. The first-order chi connectivity index (χ1) is 19.7. The third-order valence-corrected chi connectivity index (χ3v) is 7.88. The Bertz CT molecular complexity index is 1540. The third kappa shape index (κ3) is 8.95. The number of amides is 1. The van der Waals surface area contributed by atoms with Crippen molar-refractivity contribution in [1.82, 2.24) is 10.6 Å². The lowest BCUT2D eigenvalue weighted by Crippen LogP contribution is -2.43. The number of benzene rings is 3. The van der Waals surface area contributed by atoms with E-state index in [0.717, 1.165) is 48.6 Å². The highest BCUT2D eigenvalue weighted by molar-refractivity contribution is 7.92. The number of hydrogen-bond donors (Lipinski definition) is 4. The summed E-state index contributed by atoms with van der Waals surface area (Å²) in [4.78, 5) is 24.2. The molecule has 226 valence electrons. The molecule has 0 spiro atoms. The van der Waals surface area contributed by atoms with Gasteiger partial charge in [-0.25, -0.2) is 13.2 Å². The number of aliphatic carboxylic acids is 1. The molecule has 1 amide bonds. The zero-order valence-corrected chi connectivity index (χ0v) is 24.2. The van der Waals surface area contributed by atoms with E-state index >= 15 is 0 Å². The van der Waals surface area contributed by atoms with Crippen LogP contribution in [0.15, 0.2) is 65.6 Å². The average molecular weight is 607 g/mol. The second kappa shape index (κ2) is 13.7. The van der Waals surface area contributed by atoms with E-state index in [0.29, 0.717) is 23.4 Å². The van der Waals surface area contributed by atoms with Gasteiger partial charge in [0.15, 0.2) is 0 Å². The van der Waals surface area contributed by atoms with Crippen molar-refractivity contribution in [1.29, 1.82) is 0 Å². The first-order valence-electron chi connectivity index (χ1n) is 13.0. The molecule has 9 nitrogen and oxygen atoms in total. The minimum Gasteiger partial charge on any atom is -0.475 e. The molecular weight excluding hydrogens is 573 g/mol. The highest BCUT2D eigenvalue weighted by Crippen LogP contribution is 2.31. The van der Waals surface area contributed by atoms with E-state index in [1.807, 2.05) is 50.2 Å². The molecule has 0 aliphatic carbocycles. The van der Waals surface area contributed by atoms with E-state index in [-0.39, 0.29) is 10.8 Å². The lowest BCUT2D eigenvalue weighted by Gasteiger charge is -2.31. The van der Waals surface area contributed by atoms with Gasteiger partial charge in [-0.2, -0.15) is 13.2 Å². The molecule has 1 heterocycles. The number of hydrogen-bond acceptors (Lipinski definition) is 6. The van der Waals surface area contributed by atoms with Crippen molar-refractivity contribution in [3.8, 4) is 0 Å². The van der Waals surface area contributed by atoms with Gasteiger partial charge in [0.05, 0.1) is 16.3 Å². The van der Waals surface area contributed by atoms with Crippen LogP contribution in [0.2, 0.25) is 0 Å². The van der Waals surface area contributed by atoms with Gasteiger partial charge >= 0.3 is 12.1 Å². The number of rotatable bonds is 7. The topological polar surface area (TPSA) is 128 Å². The van der Waals surface area contributed by atoms with Gasteiger partial charge in [0, 0.05) is 38.3 Å². The van der Waals surface area contributed by atoms with Gasteiger partial charge in [0.25, 0.3) is 15.9 Å². The van der Waals surface area contributed by atoms with Crippen LogP contribution in [0.4, 0.5) is 24.5 Å². The molecule has 1 aliphatic heterocycles. The molecule has 0 bridgehead atoms. The monoisotopic (exact) mass is 606 g/mol. The molecule has 0 atom stereocenters. The number of carbonyl (C=O) groups excluding carboxylic acids is 1. The highest BCUT2D eigenvalue weighted by Gasteiger charge is 2.38. The summed E-state index contributed by atoms with van der Waals surface area (Å²) in [7, 11) is -3.85. The van der Waals surface area contributed by atoms with Crippen molar-refractivity contribution < 1.29 is 36.3 Å². The molecule has 0 radical (unpaired) electrons. The zero-order chi connectivity index (χ0) is 31.1. The number of nitrogens with one attached hydrogen (secondary N) is 3. The van der Waals surface area contributed by atoms with E-state index < -0.39 is 22.2 Å². The molecule has 4 N–H and O–H groups in total. The largest absolute Gasteiger partial charge is 0.490 e. The summed E-state index contributed by atoms with van der Waals surface area (Å²) < 4.78 is 61.2. The molecule has 1 aliphatic rings. The standard InChI is InChI=1S/C27H32N4O3S.C2HF3O2/c1-19-5-4-6-22(16-19)18-29-27(32)23-8-9-25(31-13-11-28-12-14-31)24(17-23)30-35(33,34)26-10-7-20(2)15-21(26)3;3-2(4,5)1(6)7/h4-10,15-17,28,30H,11-14,18H2,1-3H3,(H,29,32);(H,6,7). The maximum Gasteiger partial charge on any atom is 0.490 e. The number of carboxylic acid groups (broad SMARTS) is 1. The fraction of sp³-hybridized carbons (Fsp3) is 0.310. The quantitative estimate of drug-likeness (QED) is 0.314. The molecule has 13 heteroatoms. The number of carbonyl (C=O) groups is 2. The number of anilines is 2. The number of halogens is 3. The molecule has 1 saturated heterocycles. The summed E-state index contributed by atoms with van der Waals surface area (Å²) >= 11 is 0. The van der Waals surface area contributed by atoms with Crippen LogP contribution in [0.1, 0.15) is 32.6 Å². The number of piperazine rings is 1. The SMILES string of the molecule is Cc1cccc(CNC(=O)c2ccc(N3CCNCC3)c(NS(=O)(=O)c3ccc(C)cc3C)c2)c1.O=C(O)C(F)(F)F. The number of sulfonamides is 1. The number of nitrogens with zero attached hydrogens (tertiary/aromatic N) is 1. The maximum absolute atomic E-state index is 13.3. The summed E-state index contributed by atoms with van der Waals surface area (Å²) in [6.45, 7) is 9.22. The van der Waals surface area contributed by atoms with Crippen LogP contribution in [0.5, 0.6) is 0 Å². The van der Waals surface area contributed by atoms with Gasteiger partial charge < -0.3 is 20.6 Å². The summed E-state index contributed by atoms with van der Waals surface area (Å²) in [5, 5.41) is 13.4. The minimum absolute atomic E-state index is 0.226. The molecular formula is C29H33F3N4O5S. The molecule has 1 fully saturated rings. The smallest absolute Gasteiger partial charge is 0.475 e. The number of alkyl halides is 3. The Kier molecular flexibility index (Phi) is 10.6. The van der Waals surface area contributed by atoms with E-state index in [1.54, 1.807) is 31.2 Å². The highest BCUT2D eigenvalue weighted by atomic mass is 32.2. The molecule has 3 aromatic rings. The van der Waals surface area contributed by atoms with Gasteiger partial charge in [-0.3, -0.25) is 9.52 Å². The van der Waals surface area contributed by atoms with Gasteiger partial charge in [0.2, 0.25) is 0 Å². The fourth-order valence-corrected chi connectivity index (χ4v) is 5.64. The molecule has 4 rings (SSSR count). The Morgan fingerprint density at radius 1 is 0.952 bits per heavy atom. The Morgan fingerprint density at radius 3 is 2.19 bits per heavy atom. The van der Waals surface area contributed by atoms with Crippen molar-refractivity contribution in [2.45, 2.75) is 38.4 Å². The Hall–Kier alpha value is -4.10. The average Bonchev–Trinajstić information content (AvgIpc) is 2.91. The van der Waals surface area contributed by atoms with E-state index in [9.17, 15) is 26.4 Å². The minimum atomic E-state index is -5.08. The van der Waals surface area contributed by atoms with Gasteiger partial charge in [0.1, 0.15) is 0 Å². The predicted molar refractivity (Wildman–Crippen MR) is 154 cm³/mol. The van der Waals surface area contributed by atoms with Crippen LogP contribution in [-0.4, -0.2) is 57.8 Å². The lowest BCUT2D eigenvalue weighted by atomic mass is 10.1. The fourth-order valence-electron chi connectivity index (χ4n) is 4.35. The van der Waals surface area contributed by atoms with Crippen LogP contribution < -0.4 is 20.3 Å². The van der Waals surface area contributed by atoms with Crippen LogP contribution >= 0.6 is 0 Å². The molecule has 42 heavy (non-hydrogen) atoms. The Balaban J connectivity index is 0.000000616. The van der Waals surface area contributed by atoms with Crippen molar-refractivity contribution in [2.75, 3.05) is 35.8 Å². The van der Waals surface area contributed by atoms with Crippen LogP contribution in [0.3, 0.4) is 0 Å². The molecule has 0 saturated carbocycles. The van der Waals surface area contributed by atoms with Crippen LogP contribution in [0.25, 0.3) is 0 Å². The second-order valence-electron chi connectivity index (χ2n) is 9.82. The van der Waals surface area contributed by atoms with Crippen LogP contribution in [-0.2, 0) is 21.4 Å². The van der Waals surface area contributed by atoms with Crippen molar-refractivity contribution in [3.05, 3.63) is 88.5 Å². The Morgan fingerprint density at radius 2 is 1.60 bits per heavy atom. The first-order valence-corrected chi connectivity index (χ1v) is 14.5. The van der Waals surface area contributed by atoms with E-state index in [1.165, 1.54) is 0 Å². The van der Waals surface area contributed by atoms with Crippen molar-refractivity contribution in [2.24, 2.45) is 0 Å². The predicted octanol–water partition coefficient (Wildman–Crippen LogP) is 4.39. The van der Waals surface area contributed by atoms with Crippen molar-refractivity contribution >= 4 is 33.3 Å². The first kappa shape index (κ1) is 32.4. The zero-order valence-electron chi connectivity index (χ0n) is 23.4. The Labute approximate surface area is 242 Å². The lowest BCUT2D eigenvalue weighted by molar-refractivity contribution is -0.192. The van der Waals surface area contributed by atoms with Crippen LogP contribution in [0, 0.1) is 20.8 Å². The summed E-state index contributed by atoms with van der Waals surface area (Å²) in [5.74, 6) is -3.02. The second-order valence-corrected chi connectivity index (χ2v) is 11.5. The third-order valence-electron chi connectivity index (χ3n) is 6.36. The van der Waals surface area contributed by atoms with E-state index in [2.05, 4.69) is 20.3 Å². The van der Waals surface area contributed by atoms with Gasteiger partial charge in [-0.05, 0) is 56.2 Å². The summed E-state index contributed by atoms with van der Waals surface area (Å²) in [6.07, 6.45) is -5.08. The van der Waals surface area contributed by atoms with Gasteiger partial charge in [-0.15, -0.1) is 0 Å². The number of aryl methyl sites for hydroxylation is 3. The summed E-state index contributed by atoms with van der Waals surface area (Å²) in [5.41, 5.74) is 5.36. The number of carboxylic acids is 1. The van der Waals surface area contributed by atoms with Gasteiger partial charge in [-0.1, -0.05) is 47.5 Å². The van der Waals surface area contributed by atoms with E-state index in [4.69, 9.17) is 9.90 Å². The summed E-state index contributed by atoms with van der Waals surface area (Å²) in [6, 6.07) is 18.4.